The summed E-state index contributed by atoms with van der Waals surface area (Å²) >= 11 is 0. The highest BCUT2D eigenvalue weighted by molar-refractivity contribution is 5.63. The fraction of sp³-hybridized carbons (Fsp3) is 0.400. The van der Waals surface area contributed by atoms with Gasteiger partial charge in [-0.3, -0.25) is 0 Å². The lowest BCUT2D eigenvalue weighted by atomic mass is 9.93. The van der Waals surface area contributed by atoms with E-state index >= 15 is 0 Å². The molecular weight excluding hydrogens is 278 g/mol. The Labute approximate surface area is 131 Å². The van der Waals surface area contributed by atoms with Crippen molar-refractivity contribution in [3.8, 4) is 11.1 Å². The molecular formula is C20H22F2. The number of halogens is 2. The zero-order valence-corrected chi connectivity index (χ0v) is 13.0. The lowest BCUT2D eigenvalue weighted by Gasteiger charge is -2.12. The van der Waals surface area contributed by atoms with Crippen LogP contribution < -0.4 is 0 Å². The molecule has 0 aromatic heterocycles. The van der Waals surface area contributed by atoms with Crippen molar-refractivity contribution in [2.45, 2.75) is 44.9 Å². The lowest BCUT2D eigenvalue weighted by Crippen LogP contribution is -1.96. The van der Waals surface area contributed by atoms with Gasteiger partial charge in [0.05, 0.1) is 0 Å². The van der Waals surface area contributed by atoms with E-state index in [0.29, 0.717) is 11.5 Å². The normalized spacial score (nSPS) is 21.2. The third-order valence-electron chi connectivity index (χ3n) is 4.82. The smallest absolute Gasteiger partial charge is 0.126 e. The van der Waals surface area contributed by atoms with Gasteiger partial charge < -0.3 is 0 Å². The van der Waals surface area contributed by atoms with Crippen LogP contribution in [0.1, 0.15) is 50.5 Å². The minimum absolute atomic E-state index is 0.530. The van der Waals surface area contributed by atoms with Crippen molar-refractivity contribution in [3.05, 3.63) is 59.7 Å². The summed E-state index contributed by atoms with van der Waals surface area (Å²) in [6, 6.07) is 11.9. The molecule has 2 aromatic carbocycles. The third-order valence-corrected chi connectivity index (χ3v) is 4.82. The summed E-state index contributed by atoms with van der Waals surface area (Å²) in [4.78, 5) is 0. The van der Waals surface area contributed by atoms with E-state index in [0.717, 1.165) is 17.5 Å². The van der Waals surface area contributed by atoms with Crippen LogP contribution in [0.4, 0.5) is 8.78 Å². The van der Waals surface area contributed by atoms with Crippen LogP contribution in [0.15, 0.2) is 42.5 Å². The quantitative estimate of drug-likeness (QED) is 0.620. The van der Waals surface area contributed by atoms with Gasteiger partial charge in [-0.2, -0.15) is 0 Å². The number of hydrogen-bond acceptors (Lipinski definition) is 0. The van der Waals surface area contributed by atoms with E-state index in [9.17, 15) is 8.78 Å². The summed E-state index contributed by atoms with van der Waals surface area (Å²) in [5, 5.41) is 0. The Bertz CT molecular complexity index is 610. The second-order valence-corrected chi connectivity index (χ2v) is 6.44. The number of rotatable bonds is 4. The molecule has 1 saturated carbocycles. The third kappa shape index (κ3) is 3.37. The largest absolute Gasteiger partial charge is 0.207 e. The Kier molecular flexibility index (Phi) is 4.56. The van der Waals surface area contributed by atoms with Gasteiger partial charge in [-0.25, -0.2) is 8.78 Å². The SMILES string of the molecule is CCCC1CCC(c2ccc(-c3cc(F)cc(F)c3)cc2)C1. The molecule has 0 radical (unpaired) electrons. The molecule has 0 nitrogen and oxygen atoms in total. The molecule has 0 N–H and O–H groups in total. The van der Waals surface area contributed by atoms with Crippen LogP contribution in [0, 0.1) is 17.6 Å². The molecule has 0 bridgehead atoms. The Balaban J connectivity index is 1.75. The molecule has 1 aliphatic carbocycles. The van der Waals surface area contributed by atoms with Crippen molar-refractivity contribution in [1.29, 1.82) is 0 Å². The first kappa shape index (κ1) is 15.2. The first-order chi connectivity index (χ1) is 10.7. The summed E-state index contributed by atoms with van der Waals surface area (Å²) in [7, 11) is 0. The monoisotopic (exact) mass is 300 g/mol. The number of benzene rings is 2. The molecule has 116 valence electrons. The zero-order valence-electron chi connectivity index (χ0n) is 13.0. The average molecular weight is 300 g/mol. The minimum atomic E-state index is -0.530. The Morgan fingerprint density at radius 1 is 0.909 bits per heavy atom. The van der Waals surface area contributed by atoms with Crippen LogP contribution >= 0.6 is 0 Å². The zero-order chi connectivity index (χ0) is 15.5. The predicted molar refractivity (Wildman–Crippen MR) is 86.8 cm³/mol. The van der Waals surface area contributed by atoms with Crippen LogP contribution in [0.5, 0.6) is 0 Å². The molecule has 2 heteroatoms. The van der Waals surface area contributed by atoms with Crippen molar-refractivity contribution < 1.29 is 8.78 Å². The van der Waals surface area contributed by atoms with E-state index in [1.165, 1.54) is 49.8 Å². The van der Waals surface area contributed by atoms with Crippen molar-refractivity contribution in [2.75, 3.05) is 0 Å². The molecule has 1 fully saturated rings. The first-order valence-electron chi connectivity index (χ1n) is 8.22. The molecule has 1 aliphatic rings. The highest BCUT2D eigenvalue weighted by Crippen LogP contribution is 2.40. The standard InChI is InChI=1S/C20H22F2/c1-2-3-14-4-5-17(10-14)15-6-8-16(9-7-15)18-11-19(21)13-20(22)12-18/h6-9,11-14,17H,2-5,10H2,1H3. The van der Waals surface area contributed by atoms with Gasteiger partial charge in [-0.05, 0) is 59.9 Å². The average Bonchev–Trinajstić information content (AvgIpc) is 2.95. The maximum atomic E-state index is 13.3. The van der Waals surface area contributed by atoms with Gasteiger partial charge in [-0.1, -0.05) is 44.0 Å². The minimum Gasteiger partial charge on any atom is -0.207 e. The van der Waals surface area contributed by atoms with Gasteiger partial charge in [0.1, 0.15) is 11.6 Å². The molecule has 3 rings (SSSR count). The van der Waals surface area contributed by atoms with Crippen molar-refractivity contribution in [1.82, 2.24) is 0 Å². The summed E-state index contributed by atoms with van der Waals surface area (Å²) in [5.41, 5.74) is 2.82. The Morgan fingerprint density at radius 3 is 2.23 bits per heavy atom. The van der Waals surface area contributed by atoms with E-state index in [1.807, 2.05) is 12.1 Å². The van der Waals surface area contributed by atoms with Gasteiger partial charge >= 0.3 is 0 Å². The summed E-state index contributed by atoms with van der Waals surface area (Å²) in [6.45, 7) is 2.25. The molecule has 0 aliphatic heterocycles. The van der Waals surface area contributed by atoms with E-state index < -0.39 is 11.6 Å². The maximum absolute atomic E-state index is 13.3. The van der Waals surface area contributed by atoms with Gasteiger partial charge in [-0.15, -0.1) is 0 Å². The van der Waals surface area contributed by atoms with Crippen LogP contribution in [0.25, 0.3) is 11.1 Å². The lowest BCUT2D eigenvalue weighted by molar-refractivity contribution is 0.489. The molecule has 2 atom stereocenters. The van der Waals surface area contributed by atoms with Crippen LogP contribution in [-0.4, -0.2) is 0 Å². The molecule has 2 aromatic rings. The van der Waals surface area contributed by atoms with Crippen LogP contribution in [0.3, 0.4) is 0 Å². The van der Waals surface area contributed by atoms with Crippen molar-refractivity contribution >= 4 is 0 Å². The van der Waals surface area contributed by atoms with Crippen molar-refractivity contribution in [3.63, 3.8) is 0 Å². The number of hydrogen-bond donors (Lipinski definition) is 0. The van der Waals surface area contributed by atoms with Gasteiger partial charge in [0, 0.05) is 6.07 Å². The molecule has 0 saturated heterocycles. The Hall–Kier alpha value is -1.70. The highest BCUT2D eigenvalue weighted by atomic mass is 19.1. The highest BCUT2D eigenvalue weighted by Gasteiger charge is 2.24. The Morgan fingerprint density at radius 2 is 1.59 bits per heavy atom. The van der Waals surface area contributed by atoms with Gasteiger partial charge in [0.15, 0.2) is 0 Å². The molecule has 0 heterocycles. The molecule has 0 spiro atoms. The van der Waals surface area contributed by atoms with Crippen LogP contribution in [0.2, 0.25) is 0 Å². The first-order valence-corrected chi connectivity index (χ1v) is 8.22. The second-order valence-electron chi connectivity index (χ2n) is 6.44. The topological polar surface area (TPSA) is 0 Å². The van der Waals surface area contributed by atoms with Crippen LogP contribution in [-0.2, 0) is 0 Å². The van der Waals surface area contributed by atoms with E-state index in [-0.39, 0.29) is 0 Å². The maximum Gasteiger partial charge on any atom is 0.126 e. The predicted octanol–water partition coefficient (Wildman–Crippen LogP) is 6.32. The van der Waals surface area contributed by atoms with E-state index in [2.05, 4.69) is 19.1 Å². The van der Waals surface area contributed by atoms with E-state index in [1.54, 1.807) is 0 Å². The second kappa shape index (κ2) is 6.60. The van der Waals surface area contributed by atoms with Crippen molar-refractivity contribution in [2.24, 2.45) is 5.92 Å². The molecule has 22 heavy (non-hydrogen) atoms. The summed E-state index contributed by atoms with van der Waals surface area (Å²) in [6.07, 6.45) is 6.47. The fourth-order valence-corrected chi connectivity index (χ4v) is 3.72. The molecule has 2 unspecified atom stereocenters. The summed E-state index contributed by atoms with van der Waals surface area (Å²) in [5.74, 6) is 0.455. The summed E-state index contributed by atoms with van der Waals surface area (Å²) < 4.78 is 26.6. The van der Waals surface area contributed by atoms with E-state index in [4.69, 9.17) is 0 Å². The molecule has 0 amide bonds. The fourth-order valence-electron chi connectivity index (χ4n) is 3.72. The van der Waals surface area contributed by atoms with Gasteiger partial charge in [0.25, 0.3) is 0 Å². The van der Waals surface area contributed by atoms with Gasteiger partial charge in [0.2, 0.25) is 0 Å².